The Balaban J connectivity index is 2.22. The van der Waals surface area contributed by atoms with E-state index in [2.05, 4.69) is 49.5 Å². The Morgan fingerprint density at radius 2 is 1.76 bits per heavy atom. The van der Waals surface area contributed by atoms with Crippen molar-refractivity contribution >= 4 is 0 Å². The van der Waals surface area contributed by atoms with Crippen molar-refractivity contribution in [3.63, 3.8) is 0 Å². The van der Waals surface area contributed by atoms with Crippen LogP contribution in [-0.2, 0) is 9.47 Å². The van der Waals surface area contributed by atoms with Crippen molar-refractivity contribution < 1.29 is 9.47 Å². The first-order valence-electron chi connectivity index (χ1n) is 8.09. The van der Waals surface area contributed by atoms with Crippen molar-refractivity contribution in [1.29, 1.82) is 0 Å². The van der Waals surface area contributed by atoms with Crippen LogP contribution in [0.25, 0.3) is 0 Å². The lowest BCUT2D eigenvalue weighted by Gasteiger charge is -2.21. The number of rotatable bonds is 12. The normalized spacial score (nSPS) is 12.8. The fourth-order valence-electron chi connectivity index (χ4n) is 2.34. The minimum atomic E-state index is 0.459. The third-order valence-corrected chi connectivity index (χ3v) is 3.45. The van der Waals surface area contributed by atoms with Gasteiger partial charge in [0, 0.05) is 19.8 Å². The third kappa shape index (κ3) is 8.86. The zero-order valence-electron chi connectivity index (χ0n) is 13.8. The van der Waals surface area contributed by atoms with E-state index in [-0.39, 0.29) is 0 Å². The molecule has 0 heterocycles. The van der Waals surface area contributed by atoms with E-state index in [0.717, 1.165) is 26.0 Å². The monoisotopic (exact) mass is 293 g/mol. The molecule has 0 aliphatic carbocycles. The highest BCUT2D eigenvalue weighted by molar-refractivity contribution is 5.18. The summed E-state index contributed by atoms with van der Waals surface area (Å²) < 4.78 is 10.4. The van der Waals surface area contributed by atoms with Crippen molar-refractivity contribution in [3.05, 3.63) is 35.9 Å². The van der Waals surface area contributed by atoms with Crippen LogP contribution in [0.3, 0.4) is 0 Å². The van der Waals surface area contributed by atoms with Gasteiger partial charge in [0.25, 0.3) is 0 Å². The van der Waals surface area contributed by atoms with Crippen LogP contribution in [0.5, 0.6) is 0 Å². The van der Waals surface area contributed by atoms with Gasteiger partial charge in [0.1, 0.15) is 0 Å². The molecule has 1 atom stereocenters. The average molecular weight is 293 g/mol. The Hall–Kier alpha value is -0.900. The summed E-state index contributed by atoms with van der Waals surface area (Å²) in [5, 5.41) is 3.69. The molecule has 3 heteroatoms. The van der Waals surface area contributed by atoms with Gasteiger partial charge in [0.05, 0.1) is 13.2 Å². The molecule has 0 fully saturated rings. The quantitative estimate of drug-likeness (QED) is 0.595. The number of unbranched alkanes of at least 4 members (excludes halogenated alkanes) is 1. The van der Waals surface area contributed by atoms with Gasteiger partial charge in [-0.1, -0.05) is 44.2 Å². The highest BCUT2D eigenvalue weighted by Gasteiger charge is 2.11. The van der Waals surface area contributed by atoms with Crippen molar-refractivity contribution in [3.8, 4) is 0 Å². The molecular formula is C18H31NO2. The van der Waals surface area contributed by atoms with Gasteiger partial charge in [-0.2, -0.15) is 0 Å². The zero-order chi connectivity index (χ0) is 15.3. The molecule has 120 valence electrons. The highest BCUT2D eigenvalue weighted by atomic mass is 16.5. The predicted molar refractivity (Wildman–Crippen MR) is 88.6 cm³/mol. The molecule has 1 N–H and O–H groups in total. The number of ether oxygens (including phenoxy) is 2. The molecule has 1 rings (SSSR count). The predicted octanol–water partition coefficient (Wildman–Crippen LogP) is 3.81. The standard InChI is InChI=1S/C18H31NO2/c1-16(2)15-18(17-9-5-4-6-10-17)19-11-7-8-12-21-14-13-20-3/h4-6,9-10,16,18-19H,7-8,11-15H2,1-3H3. The summed E-state index contributed by atoms with van der Waals surface area (Å²) in [5.74, 6) is 0.695. The van der Waals surface area contributed by atoms with Crippen LogP contribution in [0, 0.1) is 5.92 Å². The smallest absolute Gasteiger partial charge is 0.0700 e. The van der Waals surface area contributed by atoms with Crippen LogP contribution in [0.15, 0.2) is 30.3 Å². The molecule has 1 aromatic carbocycles. The van der Waals surface area contributed by atoms with Gasteiger partial charge in [0.15, 0.2) is 0 Å². The topological polar surface area (TPSA) is 30.5 Å². The number of hydrogen-bond acceptors (Lipinski definition) is 3. The first kappa shape index (κ1) is 18.1. The molecule has 0 aliphatic heterocycles. The first-order valence-corrected chi connectivity index (χ1v) is 8.09. The minimum Gasteiger partial charge on any atom is -0.382 e. The van der Waals surface area contributed by atoms with Crippen molar-refractivity contribution in [2.75, 3.05) is 33.5 Å². The summed E-state index contributed by atoms with van der Waals surface area (Å²) in [6, 6.07) is 11.2. The van der Waals surface area contributed by atoms with E-state index in [0.29, 0.717) is 25.2 Å². The molecule has 0 saturated carbocycles. The Bertz CT molecular complexity index is 340. The second-order valence-corrected chi connectivity index (χ2v) is 5.86. The number of nitrogens with one attached hydrogen (secondary N) is 1. The minimum absolute atomic E-state index is 0.459. The summed E-state index contributed by atoms with van der Waals surface area (Å²) in [7, 11) is 1.70. The molecular weight excluding hydrogens is 262 g/mol. The second-order valence-electron chi connectivity index (χ2n) is 5.86. The molecule has 1 unspecified atom stereocenters. The Kier molecular flexibility index (Phi) is 10.1. The van der Waals surface area contributed by atoms with E-state index in [4.69, 9.17) is 9.47 Å². The Morgan fingerprint density at radius 3 is 2.43 bits per heavy atom. The molecule has 0 amide bonds. The number of methoxy groups -OCH3 is 1. The van der Waals surface area contributed by atoms with Crippen LogP contribution in [0.1, 0.15) is 44.7 Å². The lowest BCUT2D eigenvalue weighted by molar-refractivity contribution is 0.0687. The summed E-state index contributed by atoms with van der Waals surface area (Å²) in [6.45, 7) is 7.81. The molecule has 0 saturated heterocycles. The molecule has 0 aromatic heterocycles. The molecule has 0 aliphatic rings. The summed E-state index contributed by atoms with van der Waals surface area (Å²) in [5.41, 5.74) is 1.39. The van der Waals surface area contributed by atoms with E-state index in [1.54, 1.807) is 7.11 Å². The van der Waals surface area contributed by atoms with Crippen molar-refractivity contribution in [2.24, 2.45) is 5.92 Å². The SMILES string of the molecule is COCCOCCCCNC(CC(C)C)c1ccccc1. The van der Waals surface area contributed by atoms with Gasteiger partial charge >= 0.3 is 0 Å². The zero-order valence-corrected chi connectivity index (χ0v) is 13.8. The van der Waals surface area contributed by atoms with Gasteiger partial charge < -0.3 is 14.8 Å². The molecule has 3 nitrogen and oxygen atoms in total. The maximum atomic E-state index is 5.48. The average Bonchev–Trinajstić information content (AvgIpc) is 2.49. The Labute approximate surface area is 130 Å². The van der Waals surface area contributed by atoms with Gasteiger partial charge in [0.2, 0.25) is 0 Å². The molecule has 0 spiro atoms. The van der Waals surface area contributed by atoms with Crippen LogP contribution in [-0.4, -0.2) is 33.5 Å². The Morgan fingerprint density at radius 1 is 1.00 bits per heavy atom. The molecule has 21 heavy (non-hydrogen) atoms. The lowest BCUT2D eigenvalue weighted by Crippen LogP contribution is -2.24. The summed E-state index contributed by atoms with van der Waals surface area (Å²) in [6.07, 6.45) is 3.42. The van der Waals surface area contributed by atoms with E-state index in [9.17, 15) is 0 Å². The van der Waals surface area contributed by atoms with E-state index in [1.807, 2.05) is 0 Å². The fraction of sp³-hybridized carbons (Fsp3) is 0.667. The molecule has 0 radical (unpaired) electrons. The highest BCUT2D eigenvalue weighted by Crippen LogP contribution is 2.20. The van der Waals surface area contributed by atoms with E-state index in [1.165, 1.54) is 12.0 Å². The van der Waals surface area contributed by atoms with E-state index < -0.39 is 0 Å². The maximum absolute atomic E-state index is 5.48. The maximum Gasteiger partial charge on any atom is 0.0700 e. The van der Waals surface area contributed by atoms with Crippen LogP contribution in [0.2, 0.25) is 0 Å². The first-order chi connectivity index (χ1) is 10.2. The lowest BCUT2D eigenvalue weighted by atomic mass is 9.97. The van der Waals surface area contributed by atoms with E-state index >= 15 is 0 Å². The van der Waals surface area contributed by atoms with Crippen molar-refractivity contribution in [1.82, 2.24) is 5.32 Å². The molecule has 0 bridgehead atoms. The number of benzene rings is 1. The second kappa shape index (κ2) is 11.7. The largest absolute Gasteiger partial charge is 0.382 e. The van der Waals surface area contributed by atoms with Crippen LogP contribution >= 0.6 is 0 Å². The summed E-state index contributed by atoms with van der Waals surface area (Å²) >= 11 is 0. The van der Waals surface area contributed by atoms with Crippen molar-refractivity contribution in [2.45, 2.75) is 39.2 Å². The van der Waals surface area contributed by atoms with Crippen LogP contribution < -0.4 is 5.32 Å². The van der Waals surface area contributed by atoms with Gasteiger partial charge in [-0.15, -0.1) is 0 Å². The fourth-order valence-corrected chi connectivity index (χ4v) is 2.34. The third-order valence-electron chi connectivity index (χ3n) is 3.45. The van der Waals surface area contributed by atoms with Crippen LogP contribution in [0.4, 0.5) is 0 Å². The number of hydrogen-bond donors (Lipinski definition) is 1. The molecule has 1 aromatic rings. The van der Waals surface area contributed by atoms with Gasteiger partial charge in [-0.25, -0.2) is 0 Å². The summed E-state index contributed by atoms with van der Waals surface area (Å²) in [4.78, 5) is 0. The van der Waals surface area contributed by atoms with Gasteiger partial charge in [-0.05, 0) is 37.3 Å². The van der Waals surface area contributed by atoms with Gasteiger partial charge in [-0.3, -0.25) is 0 Å².